The lowest BCUT2D eigenvalue weighted by molar-refractivity contribution is -0.134. The zero-order valence-electron chi connectivity index (χ0n) is 15.3. The highest BCUT2D eigenvalue weighted by Gasteiger charge is 2.27. The summed E-state index contributed by atoms with van der Waals surface area (Å²) in [5.41, 5.74) is 0.935. The number of amides is 1. The van der Waals surface area contributed by atoms with Gasteiger partial charge in [-0.2, -0.15) is 4.98 Å². The van der Waals surface area contributed by atoms with Gasteiger partial charge in [-0.15, -0.1) is 0 Å². The monoisotopic (exact) mass is 397 g/mol. The molecule has 0 N–H and O–H groups in total. The van der Waals surface area contributed by atoms with E-state index in [2.05, 4.69) is 10.1 Å². The van der Waals surface area contributed by atoms with Gasteiger partial charge in [0.1, 0.15) is 5.75 Å². The minimum atomic E-state index is -0.0242. The van der Waals surface area contributed by atoms with E-state index in [1.165, 1.54) is 0 Å². The van der Waals surface area contributed by atoms with E-state index in [0.717, 1.165) is 18.4 Å². The molecular weight excluding hydrogens is 378 g/mol. The molecule has 3 aromatic rings. The van der Waals surface area contributed by atoms with Crippen LogP contribution in [0.2, 0.25) is 5.02 Å². The summed E-state index contributed by atoms with van der Waals surface area (Å²) < 4.78 is 11.0. The molecule has 1 aliphatic rings. The van der Waals surface area contributed by atoms with E-state index < -0.39 is 0 Å². The topological polar surface area (TPSA) is 68.5 Å². The van der Waals surface area contributed by atoms with Crippen LogP contribution in [-0.4, -0.2) is 40.6 Å². The second-order valence-corrected chi connectivity index (χ2v) is 7.16. The number of nitrogens with zero attached hydrogens (tertiary/aromatic N) is 3. The number of benzene rings is 2. The molecule has 2 heterocycles. The summed E-state index contributed by atoms with van der Waals surface area (Å²) in [4.78, 5) is 18.8. The number of hydrogen-bond donors (Lipinski definition) is 0. The lowest BCUT2D eigenvalue weighted by Crippen LogP contribution is -2.40. The van der Waals surface area contributed by atoms with Gasteiger partial charge in [-0.05, 0) is 37.1 Å². The van der Waals surface area contributed by atoms with Crippen molar-refractivity contribution in [3.8, 4) is 17.1 Å². The molecule has 0 spiro atoms. The zero-order valence-corrected chi connectivity index (χ0v) is 16.0. The van der Waals surface area contributed by atoms with Gasteiger partial charge in [0.05, 0.1) is 0 Å². The molecule has 4 rings (SSSR count). The highest BCUT2D eigenvalue weighted by molar-refractivity contribution is 6.30. The number of ether oxygens (including phenoxy) is 1. The molecule has 1 saturated heterocycles. The van der Waals surface area contributed by atoms with Crippen LogP contribution in [0.4, 0.5) is 0 Å². The van der Waals surface area contributed by atoms with Crippen molar-refractivity contribution in [2.75, 3.05) is 19.7 Å². The molecule has 7 heteroatoms. The number of carbonyl (C=O) groups is 1. The van der Waals surface area contributed by atoms with E-state index in [1.807, 2.05) is 35.2 Å². The molecular formula is C21H20ClN3O3. The Morgan fingerprint density at radius 2 is 1.82 bits per heavy atom. The maximum atomic E-state index is 12.4. The van der Waals surface area contributed by atoms with Crippen molar-refractivity contribution in [1.82, 2.24) is 15.0 Å². The van der Waals surface area contributed by atoms with Gasteiger partial charge in [0.2, 0.25) is 11.7 Å². The summed E-state index contributed by atoms with van der Waals surface area (Å²) in [5, 5.41) is 4.73. The number of piperidine rings is 1. The molecule has 0 aliphatic carbocycles. The van der Waals surface area contributed by atoms with Gasteiger partial charge in [0, 0.05) is 29.6 Å². The standard InChI is InChI=1S/C21H20ClN3O3/c22-17-6-8-18(9-7-17)27-14-19(26)25-12-10-16(11-13-25)21-23-20(24-28-21)15-4-2-1-3-5-15/h1-9,16H,10-14H2. The summed E-state index contributed by atoms with van der Waals surface area (Å²) in [6, 6.07) is 16.7. The summed E-state index contributed by atoms with van der Waals surface area (Å²) in [5.74, 6) is 2.02. The normalized spacial score (nSPS) is 14.8. The van der Waals surface area contributed by atoms with Crippen molar-refractivity contribution >= 4 is 17.5 Å². The van der Waals surface area contributed by atoms with Gasteiger partial charge in [-0.1, -0.05) is 47.1 Å². The Hall–Kier alpha value is -2.86. The fourth-order valence-corrected chi connectivity index (χ4v) is 3.37. The van der Waals surface area contributed by atoms with Crippen LogP contribution in [0.15, 0.2) is 59.1 Å². The van der Waals surface area contributed by atoms with E-state index >= 15 is 0 Å². The fraction of sp³-hybridized carbons (Fsp3) is 0.286. The molecule has 0 radical (unpaired) electrons. The molecule has 1 fully saturated rings. The summed E-state index contributed by atoms with van der Waals surface area (Å²) >= 11 is 5.85. The predicted octanol–water partition coefficient (Wildman–Crippen LogP) is 4.18. The van der Waals surface area contributed by atoms with Gasteiger partial charge >= 0.3 is 0 Å². The molecule has 1 aromatic heterocycles. The van der Waals surface area contributed by atoms with E-state index in [0.29, 0.717) is 35.6 Å². The highest BCUT2D eigenvalue weighted by atomic mass is 35.5. The first-order chi connectivity index (χ1) is 13.7. The van der Waals surface area contributed by atoms with Crippen LogP contribution >= 0.6 is 11.6 Å². The minimum Gasteiger partial charge on any atom is -0.484 e. The molecule has 0 unspecified atom stereocenters. The van der Waals surface area contributed by atoms with Crippen molar-refractivity contribution in [1.29, 1.82) is 0 Å². The van der Waals surface area contributed by atoms with Crippen LogP contribution in [0.1, 0.15) is 24.7 Å². The molecule has 2 aromatic carbocycles. The smallest absolute Gasteiger partial charge is 0.260 e. The first-order valence-electron chi connectivity index (χ1n) is 9.24. The van der Waals surface area contributed by atoms with Crippen molar-refractivity contribution in [2.24, 2.45) is 0 Å². The number of hydrogen-bond acceptors (Lipinski definition) is 5. The third kappa shape index (κ3) is 4.34. The van der Waals surface area contributed by atoms with E-state index in [-0.39, 0.29) is 18.4 Å². The Morgan fingerprint density at radius 1 is 1.11 bits per heavy atom. The quantitative estimate of drug-likeness (QED) is 0.646. The Morgan fingerprint density at radius 3 is 2.54 bits per heavy atom. The third-order valence-corrected chi connectivity index (χ3v) is 5.10. The number of aromatic nitrogens is 2. The Bertz CT molecular complexity index is 920. The van der Waals surface area contributed by atoms with Crippen LogP contribution in [0, 0.1) is 0 Å². The number of rotatable bonds is 5. The molecule has 28 heavy (non-hydrogen) atoms. The first-order valence-corrected chi connectivity index (χ1v) is 9.62. The minimum absolute atomic E-state index is 0.0189. The highest BCUT2D eigenvalue weighted by Crippen LogP contribution is 2.28. The van der Waals surface area contributed by atoms with Gasteiger partial charge in [0.25, 0.3) is 5.91 Å². The van der Waals surface area contributed by atoms with Crippen molar-refractivity contribution in [2.45, 2.75) is 18.8 Å². The van der Waals surface area contributed by atoms with Gasteiger partial charge in [-0.25, -0.2) is 0 Å². The molecule has 6 nitrogen and oxygen atoms in total. The molecule has 1 aliphatic heterocycles. The molecule has 0 atom stereocenters. The van der Waals surface area contributed by atoms with Crippen molar-refractivity contribution in [3.05, 3.63) is 65.5 Å². The van der Waals surface area contributed by atoms with E-state index in [9.17, 15) is 4.79 Å². The van der Waals surface area contributed by atoms with Gasteiger partial charge in [-0.3, -0.25) is 4.79 Å². The number of likely N-dealkylation sites (tertiary alicyclic amines) is 1. The maximum absolute atomic E-state index is 12.4. The Labute approximate surface area is 168 Å². The van der Waals surface area contributed by atoms with E-state index in [1.54, 1.807) is 24.3 Å². The number of halogens is 1. The largest absolute Gasteiger partial charge is 0.484 e. The third-order valence-electron chi connectivity index (χ3n) is 4.85. The average Bonchev–Trinajstić information content (AvgIpc) is 3.24. The zero-order chi connectivity index (χ0) is 19.3. The Balaban J connectivity index is 1.29. The molecule has 0 bridgehead atoms. The van der Waals surface area contributed by atoms with Crippen molar-refractivity contribution < 1.29 is 14.1 Å². The second kappa shape index (κ2) is 8.44. The number of carbonyl (C=O) groups excluding carboxylic acids is 1. The molecule has 0 saturated carbocycles. The second-order valence-electron chi connectivity index (χ2n) is 6.72. The van der Waals surface area contributed by atoms with Crippen LogP contribution in [0.25, 0.3) is 11.4 Å². The van der Waals surface area contributed by atoms with E-state index in [4.69, 9.17) is 20.9 Å². The van der Waals surface area contributed by atoms with Crippen LogP contribution < -0.4 is 4.74 Å². The van der Waals surface area contributed by atoms with Crippen molar-refractivity contribution in [3.63, 3.8) is 0 Å². The summed E-state index contributed by atoms with van der Waals surface area (Å²) in [7, 11) is 0. The van der Waals surface area contributed by atoms with Gasteiger partial charge in [0.15, 0.2) is 6.61 Å². The van der Waals surface area contributed by atoms with Gasteiger partial charge < -0.3 is 14.2 Å². The lowest BCUT2D eigenvalue weighted by atomic mass is 9.97. The van der Waals surface area contributed by atoms with Crippen LogP contribution in [0.5, 0.6) is 5.75 Å². The predicted molar refractivity (Wildman–Crippen MR) is 105 cm³/mol. The van der Waals surface area contributed by atoms with Crippen LogP contribution in [-0.2, 0) is 4.79 Å². The SMILES string of the molecule is O=C(COc1ccc(Cl)cc1)N1CCC(c2nc(-c3ccccc3)no2)CC1. The molecule has 144 valence electrons. The Kier molecular flexibility index (Phi) is 5.58. The maximum Gasteiger partial charge on any atom is 0.260 e. The lowest BCUT2D eigenvalue weighted by Gasteiger charge is -2.30. The van der Waals surface area contributed by atoms with Crippen LogP contribution in [0.3, 0.4) is 0 Å². The fourth-order valence-electron chi connectivity index (χ4n) is 3.25. The summed E-state index contributed by atoms with van der Waals surface area (Å²) in [6.07, 6.45) is 1.59. The average molecular weight is 398 g/mol. The summed E-state index contributed by atoms with van der Waals surface area (Å²) in [6.45, 7) is 1.32. The first kappa shape index (κ1) is 18.5. The molecule has 1 amide bonds.